The van der Waals surface area contributed by atoms with Gasteiger partial charge in [-0.05, 0) is 91.5 Å². The van der Waals surface area contributed by atoms with Crippen LogP contribution in [0.2, 0.25) is 0 Å². The van der Waals surface area contributed by atoms with Crippen molar-refractivity contribution >= 4 is 41.1 Å². The van der Waals surface area contributed by atoms with Crippen LogP contribution in [0.5, 0.6) is 0 Å². The fourth-order valence-electron chi connectivity index (χ4n) is 3.74. The molecule has 0 aliphatic heterocycles. The first-order valence-electron chi connectivity index (χ1n) is 14.0. The lowest BCUT2D eigenvalue weighted by molar-refractivity contribution is 0.0242. The van der Waals surface area contributed by atoms with Crippen molar-refractivity contribution in [2.45, 2.75) is 85.0 Å². The number of carbonyl (C=O) groups is 2. The van der Waals surface area contributed by atoms with E-state index >= 15 is 0 Å². The Morgan fingerprint density at radius 3 is 1.82 bits per heavy atom. The summed E-state index contributed by atoms with van der Waals surface area (Å²) in [6.07, 6.45) is 2.59. The fraction of sp³-hybridized carbons (Fsp3) is 0.724. The van der Waals surface area contributed by atoms with Gasteiger partial charge in [-0.2, -0.15) is 0 Å². The van der Waals surface area contributed by atoms with E-state index in [0.717, 1.165) is 57.5 Å². The minimum absolute atomic E-state index is 0.298. The molecule has 39 heavy (non-hydrogen) atoms. The first-order valence-corrected chi connectivity index (χ1v) is 15.0. The minimum atomic E-state index is -0.546. The van der Waals surface area contributed by atoms with Gasteiger partial charge in [-0.1, -0.05) is 12.1 Å². The standard InChI is InChI=1S/C29H50Cl2N4O4/c1-28(2,3)38-26(36)33-18-8-10-20-35(27(37)39-29(4,5)6)19-9-7-17-32-23-24-11-13-25(14-12-24)34(21-15-30)22-16-31/h11-14,32H,7-10,15-23H2,1-6H3,(H,33,36). The second-order valence-electron chi connectivity index (χ2n) is 11.5. The van der Waals surface area contributed by atoms with E-state index in [2.05, 4.69) is 39.8 Å². The van der Waals surface area contributed by atoms with Gasteiger partial charge in [0.15, 0.2) is 0 Å². The van der Waals surface area contributed by atoms with E-state index in [0.29, 0.717) is 31.4 Å². The predicted octanol–water partition coefficient (Wildman–Crippen LogP) is 6.38. The molecule has 0 heterocycles. The summed E-state index contributed by atoms with van der Waals surface area (Å²) in [5, 5.41) is 6.25. The molecule has 0 aliphatic carbocycles. The number of unbranched alkanes of at least 4 members (excludes halogenated alkanes) is 2. The van der Waals surface area contributed by atoms with E-state index in [-0.39, 0.29) is 6.09 Å². The molecule has 10 heteroatoms. The molecule has 0 unspecified atom stereocenters. The van der Waals surface area contributed by atoms with Crippen LogP contribution in [-0.4, -0.2) is 79.3 Å². The molecule has 0 atom stereocenters. The maximum Gasteiger partial charge on any atom is 0.410 e. The maximum atomic E-state index is 12.7. The highest BCUT2D eigenvalue weighted by atomic mass is 35.5. The van der Waals surface area contributed by atoms with Gasteiger partial charge in [-0.3, -0.25) is 0 Å². The minimum Gasteiger partial charge on any atom is -0.444 e. The van der Waals surface area contributed by atoms with Crippen LogP contribution in [0, 0.1) is 0 Å². The molecule has 0 aliphatic rings. The molecule has 224 valence electrons. The highest BCUT2D eigenvalue weighted by Gasteiger charge is 2.21. The molecule has 0 aromatic heterocycles. The molecular weight excluding hydrogens is 539 g/mol. The zero-order chi connectivity index (χ0) is 29.3. The number of hydrogen-bond donors (Lipinski definition) is 2. The van der Waals surface area contributed by atoms with Crippen molar-refractivity contribution in [2.75, 3.05) is 55.9 Å². The molecule has 0 saturated heterocycles. The monoisotopic (exact) mass is 588 g/mol. The van der Waals surface area contributed by atoms with Gasteiger partial charge in [0, 0.05) is 56.7 Å². The quantitative estimate of drug-likeness (QED) is 0.162. The molecule has 0 bridgehead atoms. The largest absolute Gasteiger partial charge is 0.444 e. The van der Waals surface area contributed by atoms with E-state index in [1.165, 1.54) is 5.56 Å². The summed E-state index contributed by atoms with van der Waals surface area (Å²) in [5.74, 6) is 1.13. The van der Waals surface area contributed by atoms with Crippen molar-refractivity contribution in [3.05, 3.63) is 29.8 Å². The highest BCUT2D eigenvalue weighted by molar-refractivity contribution is 6.18. The molecule has 0 saturated carbocycles. The number of amides is 2. The molecule has 1 aromatic rings. The van der Waals surface area contributed by atoms with Crippen LogP contribution >= 0.6 is 23.2 Å². The van der Waals surface area contributed by atoms with Gasteiger partial charge in [0.05, 0.1) is 0 Å². The van der Waals surface area contributed by atoms with Crippen LogP contribution in [-0.2, 0) is 16.0 Å². The number of halogens is 2. The summed E-state index contributed by atoms with van der Waals surface area (Å²) in [6, 6.07) is 8.47. The fourth-order valence-corrected chi connectivity index (χ4v) is 4.15. The Morgan fingerprint density at radius 1 is 0.769 bits per heavy atom. The topological polar surface area (TPSA) is 83.1 Å². The lowest BCUT2D eigenvalue weighted by Gasteiger charge is -2.27. The van der Waals surface area contributed by atoms with E-state index in [1.54, 1.807) is 4.90 Å². The Hall–Kier alpha value is -1.90. The number of rotatable bonds is 17. The molecule has 1 rings (SSSR count). The van der Waals surface area contributed by atoms with Crippen molar-refractivity contribution in [3.8, 4) is 0 Å². The smallest absolute Gasteiger partial charge is 0.410 e. The van der Waals surface area contributed by atoms with E-state index in [1.807, 2.05) is 41.5 Å². The number of ether oxygens (including phenoxy) is 2. The number of alkyl carbamates (subject to hydrolysis) is 1. The van der Waals surface area contributed by atoms with Crippen LogP contribution in [0.3, 0.4) is 0 Å². The number of alkyl halides is 2. The Kier molecular flexibility index (Phi) is 16.6. The Morgan fingerprint density at radius 2 is 1.31 bits per heavy atom. The van der Waals surface area contributed by atoms with Crippen LogP contribution in [0.4, 0.5) is 15.3 Å². The molecule has 2 N–H and O–H groups in total. The SMILES string of the molecule is CC(C)(C)OC(=O)NCCCCN(CCCCNCc1ccc(N(CCCl)CCCl)cc1)C(=O)OC(C)(C)C. The third-order valence-corrected chi connectivity index (χ3v) is 5.88. The van der Waals surface area contributed by atoms with Gasteiger partial charge in [0.25, 0.3) is 0 Å². The van der Waals surface area contributed by atoms with Gasteiger partial charge in [-0.15, -0.1) is 23.2 Å². The van der Waals surface area contributed by atoms with E-state index in [4.69, 9.17) is 32.7 Å². The van der Waals surface area contributed by atoms with Crippen molar-refractivity contribution in [1.29, 1.82) is 0 Å². The number of benzene rings is 1. The Bertz CT molecular complexity index is 820. The van der Waals surface area contributed by atoms with Crippen molar-refractivity contribution in [1.82, 2.24) is 15.5 Å². The number of carbonyl (C=O) groups excluding carboxylic acids is 2. The normalized spacial score (nSPS) is 11.7. The average molecular weight is 590 g/mol. The summed E-state index contributed by atoms with van der Waals surface area (Å²) in [6.45, 7) is 16.0. The molecule has 2 amide bonds. The van der Waals surface area contributed by atoms with Crippen molar-refractivity contribution < 1.29 is 19.1 Å². The number of anilines is 1. The summed E-state index contributed by atoms with van der Waals surface area (Å²) in [4.78, 5) is 28.5. The summed E-state index contributed by atoms with van der Waals surface area (Å²) < 4.78 is 10.9. The zero-order valence-electron chi connectivity index (χ0n) is 24.8. The first-order chi connectivity index (χ1) is 18.3. The van der Waals surface area contributed by atoms with Crippen molar-refractivity contribution in [3.63, 3.8) is 0 Å². The maximum absolute atomic E-state index is 12.7. The van der Waals surface area contributed by atoms with Gasteiger partial charge in [-0.25, -0.2) is 9.59 Å². The lowest BCUT2D eigenvalue weighted by Crippen LogP contribution is -2.38. The highest BCUT2D eigenvalue weighted by Crippen LogP contribution is 2.16. The van der Waals surface area contributed by atoms with E-state index < -0.39 is 17.3 Å². The van der Waals surface area contributed by atoms with Crippen LogP contribution in [0.25, 0.3) is 0 Å². The van der Waals surface area contributed by atoms with E-state index in [9.17, 15) is 9.59 Å². The number of nitrogens with one attached hydrogen (secondary N) is 2. The number of nitrogens with zero attached hydrogens (tertiary/aromatic N) is 2. The Labute approximate surface area is 246 Å². The second kappa shape index (κ2) is 18.4. The summed E-state index contributed by atoms with van der Waals surface area (Å²) in [7, 11) is 0. The average Bonchev–Trinajstić information content (AvgIpc) is 2.82. The van der Waals surface area contributed by atoms with Crippen molar-refractivity contribution in [2.24, 2.45) is 0 Å². The Balaban J connectivity index is 2.41. The predicted molar refractivity (Wildman–Crippen MR) is 162 cm³/mol. The van der Waals surface area contributed by atoms with Crippen LogP contribution in [0.15, 0.2) is 24.3 Å². The molecule has 0 radical (unpaired) electrons. The zero-order valence-corrected chi connectivity index (χ0v) is 26.3. The third-order valence-electron chi connectivity index (χ3n) is 5.55. The van der Waals surface area contributed by atoms with Gasteiger partial charge >= 0.3 is 12.2 Å². The molecule has 8 nitrogen and oxygen atoms in total. The summed E-state index contributed by atoms with van der Waals surface area (Å²) >= 11 is 11.8. The van der Waals surface area contributed by atoms with Crippen LogP contribution in [0.1, 0.15) is 72.8 Å². The van der Waals surface area contributed by atoms with Crippen LogP contribution < -0.4 is 15.5 Å². The molecule has 0 spiro atoms. The molecule has 1 aromatic carbocycles. The first kappa shape index (κ1) is 35.1. The van der Waals surface area contributed by atoms with Gasteiger partial charge in [0.2, 0.25) is 0 Å². The van der Waals surface area contributed by atoms with Gasteiger partial charge in [0.1, 0.15) is 11.2 Å². The number of hydrogen-bond acceptors (Lipinski definition) is 6. The lowest BCUT2D eigenvalue weighted by atomic mass is 10.2. The third kappa shape index (κ3) is 17.4. The summed E-state index contributed by atoms with van der Waals surface area (Å²) in [5.41, 5.74) is 1.28. The van der Waals surface area contributed by atoms with Gasteiger partial charge < -0.3 is 29.9 Å². The molecular formula is C29H50Cl2N4O4. The second-order valence-corrected chi connectivity index (χ2v) is 12.3. The molecule has 0 fully saturated rings.